The van der Waals surface area contributed by atoms with Crippen LogP contribution < -0.4 is 16.0 Å². The Labute approximate surface area is 305 Å². The van der Waals surface area contributed by atoms with Crippen molar-refractivity contribution in [3.63, 3.8) is 0 Å². The van der Waals surface area contributed by atoms with Gasteiger partial charge in [-0.3, -0.25) is 34.6 Å². The highest BCUT2D eigenvalue weighted by Crippen LogP contribution is 2.33. The molecule has 0 heterocycles. The van der Waals surface area contributed by atoms with Crippen LogP contribution in [0.15, 0.2) is 53.4 Å². The van der Waals surface area contributed by atoms with Crippen LogP contribution in [0.25, 0.3) is 0 Å². The Kier molecular flexibility index (Phi) is 17.5. The van der Waals surface area contributed by atoms with E-state index in [2.05, 4.69) is 16.0 Å². The van der Waals surface area contributed by atoms with Gasteiger partial charge >= 0.3 is 18.0 Å². The van der Waals surface area contributed by atoms with Gasteiger partial charge in [-0.1, -0.05) is 58.0 Å². The maximum Gasteiger partial charge on any atom is 0.408 e. The van der Waals surface area contributed by atoms with Gasteiger partial charge in [0.25, 0.3) is 11.4 Å². The third-order valence-corrected chi connectivity index (χ3v) is 8.92. The second-order valence-electron chi connectivity index (χ2n) is 12.4. The normalized spacial score (nSPS) is 13.2. The standard InChI is InChI=1S/C34H45N5O12S/c1-20(2)22(5)50-31(41)17-35-32(42)27(19-52-29-14-12-25(38(45)46)16-28(29)39(47)48)36-30(40)15-13-26(33(43)51-23(6)21(3)4)37-34(44)49-18-24-10-8-7-9-11-24/h7-12,14,16,20-23,26-27H,13,15,17-19H2,1-6H3,(H,35,42)(H,36,40)(H,37,44)/t22?,23?,26-,27-/m0/s1. The minimum absolute atomic E-state index is 0.00970. The monoisotopic (exact) mass is 747 g/mol. The molecule has 0 bridgehead atoms. The van der Waals surface area contributed by atoms with E-state index in [0.29, 0.717) is 5.56 Å². The predicted molar refractivity (Wildman–Crippen MR) is 189 cm³/mol. The molecule has 2 rings (SSSR count). The van der Waals surface area contributed by atoms with Crippen LogP contribution in [0.1, 0.15) is 59.9 Å². The van der Waals surface area contributed by atoms with Crippen molar-refractivity contribution in [3.05, 3.63) is 74.3 Å². The third-order valence-electron chi connectivity index (χ3n) is 7.76. The topological polar surface area (TPSA) is 235 Å². The van der Waals surface area contributed by atoms with Crippen molar-refractivity contribution in [3.8, 4) is 0 Å². The van der Waals surface area contributed by atoms with Crippen molar-refractivity contribution in [1.82, 2.24) is 16.0 Å². The van der Waals surface area contributed by atoms with Gasteiger partial charge in [-0.25, -0.2) is 9.59 Å². The second kappa shape index (κ2) is 21.2. The van der Waals surface area contributed by atoms with Gasteiger partial charge < -0.3 is 30.2 Å². The van der Waals surface area contributed by atoms with E-state index in [4.69, 9.17) is 14.2 Å². The molecule has 0 aliphatic heterocycles. The number of nitro groups is 2. The summed E-state index contributed by atoms with van der Waals surface area (Å²) in [7, 11) is 0. The number of carbonyl (C=O) groups is 5. The van der Waals surface area contributed by atoms with Crippen LogP contribution in [0.3, 0.4) is 0 Å². The average molecular weight is 748 g/mol. The largest absolute Gasteiger partial charge is 0.461 e. The molecule has 17 nitrogen and oxygen atoms in total. The van der Waals surface area contributed by atoms with E-state index in [1.165, 1.54) is 0 Å². The van der Waals surface area contributed by atoms with Gasteiger partial charge in [0.15, 0.2) is 0 Å². The molecule has 2 unspecified atom stereocenters. The fourth-order valence-electron chi connectivity index (χ4n) is 4.01. The van der Waals surface area contributed by atoms with Crippen molar-refractivity contribution >= 4 is 53.0 Å². The van der Waals surface area contributed by atoms with Crippen LogP contribution in [0.4, 0.5) is 16.2 Å². The average Bonchev–Trinajstić information content (AvgIpc) is 3.09. The molecule has 0 aliphatic rings. The van der Waals surface area contributed by atoms with Gasteiger partial charge in [-0.2, -0.15) is 0 Å². The molecule has 0 saturated carbocycles. The predicted octanol–water partition coefficient (Wildman–Crippen LogP) is 4.45. The molecule has 52 heavy (non-hydrogen) atoms. The quantitative estimate of drug-likeness (QED) is 0.0559. The van der Waals surface area contributed by atoms with Gasteiger partial charge in [0.05, 0.1) is 20.8 Å². The van der Waals surface area contributed by atoms with E-state index in [-0.39, 0.29) is 35.5 Å². The molecule has 18 heteroatoms. The number of carbonyl (C=O) groups excluding carboxylic acids is 5. The number of nitrogens with zero attached hydrogens (tertiary/aromatic N) is 2. The summed E-state index contributed by atoms with van der Waals surface area (Å²) < 4.78 is 16.0. The van der Waals surface area contributed by atoms with E-state index in [9.17, 15) is 44.2 Å². The first-order valence-electron chi connectivity index (χ1n) is 16.5. The summed E-state index contributed by atoms with van der Waals surface area (Å²) >= 11 is 0.770. The van der Waals surface area contributed by atoms with Crippen LogP contribution in [-0.2, 0) is 40.0 Å². The van der Waals surface area contributed by atoms with E-state index >= 15 is 0 Å². The molecule has 0 saturated heterocycles. The van der Waals surface area contributed by atoms with Gasteiger partial charge in [-0.15, -0.1) is 11.8 Å². The number of amides is 3. The number of nitrogens with one attached hydrogen (secondary N) is 3. The number of esters is 2. The van der Waals surface area contributed by atoms with E-state index in [0.717, 1.165) is 30.0 Å². The number of non-ortho nitro benzene ring substituents is 1. The Balaban J connectivity index is 2.21. The summed E-state index contributed by atoms with van der Waals surface area (Å²) in [5.41, 5.74) is -0.395. The molecule has 0 aliphatic carbocycles. The third kappa shape index (κ3) is 14.9. The molecule has 3 N–H and O–H groups in total. The van der Waals surface area contributed by atoms with Crippen molar-refractivity contribution in [2.24, 2.45) is 11.8 Å². The zero-order chi connectivity index (χ0) is 39.0. The van der Waals surface area contributed by atoms with Crippen molar-refractivity contribution < 1.29 is 48.0 Å². The highest BCUT2D eigenvalue weighted by Gasteiger charge is 2.29. The number of thioether (sulfide) groups is 1. The van der Waals surface area contributed by atoms with Crippen molar-refractivity contribution in [2.45, 2.75) is 90.2 Å². The highest BCUT2D eigenvalue weighted by atomic mass is 32.2. The number of nitro benzene ring substituents is 2. The van der Waals surface area contributed by atoms with E-state index < -0.39 is 88.3 Å². The van der Waals surface area contributed by atoms with E-state index in [1.54, 1.807) is 44.2 Å². The van der Waals surface area contributed by atoms with Crippen molar-refractivity contribution in [1.29, 1.82) is 0 Å². The Morgan fingerprint density at radius 3 is 2.04 bits per heavy atom. The molecule has 284 valence electrons. The maximum atomic E-state index is 13.2. The lowest BCUT2D eigenvalue weighted by molar-refractivity contribution is -0.396. The summed E-state index contributed by atoms with van der Waals surface area (Å²) in [5.74, 6) is -3.46. The molecule has 0 spiro atoms. The smallest absolute Gasteiger partial charge is 0.408 e. The van der Waals surface area contributed by atoms with E-state index in [1.807, 2.05) is 27.7 Å². The molecular weight excluding hydrogens is 702 g/mol. The van der Waals surface area contributed by atoms with Crippen LogP contribution in [0.2, 0.25) is 0 Å². The fraction of sp³-hybridized carbons (Fsp3) is 0.500. The van der Waals surface area contributed by atoms with Crippen LogP contribution >= 0.6 is 11.8 Å². The van der Waals surface area contributed by atoms with Crippen molar-refractivity contribution in [2.75, 3.05) is 12.3 Å². The van der Waals surface area contributed by atoms with Crippen LogP contribution in [0.5, 0.6) is 0 Å². The zero-order valence-electron chi connectivity index (χ0n) is 29.8. The second-order valence-corrected chi connectivity index (χ2v) is 13.5. The SMILES string of the molecule is CC(C)C(C)OC(=O)CNC(=O)[C@H](CSc1ccc([N+](=O)[O-])cc1[N+](=O)[O-])NC(=O)CC[C@H](NC(=O)OCc1ccccc1)C(=O)OC(C)C(C)C. The lowest BCUT2D eigenvalue weighted by Gasteiger charge is -2.23. The van der Waals surface area contributed by atoms with Crippen LogP contribution in [-0.4, -0.2) is 76.3 Å². The molecule has 2 aromatic rings. The maximum absolute atomic E-state index is 13.2. The molecule has 0 aromatic heterocycles. The first-order valence-corrected chi connectivity index (χ1v) is 17.5. The molecule has 0 fully saturated rings. The van der Waals surface area contributed by atoms with Gasteiger partial charge in [0, 0.05) is 18.2 Å². The number of ether oxygens (including phenoxy) is 3. The summed E-state index contributed by atoms with van der Waals surface area (Å²) in [6.07, 6.45) is -2.54. The van der Waals surface area contributed by atoms with Gasteiger partial charge in [0.2, 0.25) is 11.8 Å². The van der Waals surface area contributed by atoms with Crippen LogP contribution in [0, 0.1) is 32.1 Å². The Hall–Kier alpha value is -5.26. The Morgan fingerprint density at radius 2 is 1.44 bits per heavy atom. The number of alkyl carbamates (subject to hydrolysis) is 1. The first-order chi connectivity index (χ1) is 24.5. The summed E-state index contributed by atoms with van der Waals surface area (Å²) in [4.78, 5) is 85.6. The highest BCUT2D eigenvalue weighted by molar-refractivity contribution is 7.99. The molecular formula is C34H45N5O12S. The van der Waals surface area contributed by atoms with Gasteiger partial charge in [-0.05, 0) is 43.7 Å². The number of benzene rings is 2. The summed E-state index contributed by atoms with van der Waals surface area (Å²) in [6.45, 7) is 10.1. The van der Waals surface area contributed by atoms with Gasteiger partial charge in [0.1, 0.15) is 37.4 Å². The summed E-state index contributed by atoms with van der Waals surface area (Å²) in [6, 6.07) is 9.12. The first kappa shape index (κ1) is 42.9. The minimum atomic E-state index is -1.38. The summed E-state index contributed by atoms with van der Waals surface area (Å²) in [5, 5.41) is 30.1. The lowest BCUT2D eigenvalue weighted by Crippen LogP contribution is -2.50. The lowest BCUT2D eigenvalue weighted by atomic mass is 10.1. The molecule has 0 radical (unpaired) electrons. The molecule has 2 aromatic carbocycles. The Morgan fingerprint density at radius 1 is 0.808 bits per heavy atom. The number of hydrogen-bond donors (Lipinski definition) is 3. The molecule has 3 amide bonds. The zero-order valence-corrected chi connectivity index (χ0v) is 30.6. The minimum Gasteiger partial charge on any atom is -0.461 e. The number of rotatable bonds is 20. The molecule has 4 atom stereocenters. The number of hydrogen-bond acceptors (Lipinski definition) is 13. The fourth-order valence-corrected chi connectivity index (χ4v) is 5.03. The Bertz CT molecular complexity index is 1570.